The van der Waals surface area contributed by atoms with Gasteiger partial charge in [-0.15, -0.1) is 0 Å². The van der Waals surface area contributed by atoms with Crippen LogP contribution in [0.25, 0.3) is 0 Å². The van der Waals surface area contributed by atoms with Crippen LogP contribution in [0.1, 0.15) is 39.5 Å². The van der Waals surface area contributed by atoms with Crippen molar-refractivity contribution in [3.63, 3.8) is 0 Å². The van der Waals surface area contributed by atoms with Gasteiger partial charge in [-0.2, -0.15) is 0 Å². The van der Waals surface area contributed by atoms with Gasteiger partial charge in [-0.05, 0) is 26.2 Å². The molecule has 0 saturated heterocycles. The molecule has 1 aliphatic rings. The summed E-state index contributed by atoms with van der Waals surface area (Å²) in [7, 11) is 0. The molecule has 3 N–H and O–H groups in total. The molecule has 1 aliphatic carbocycles. The number of carbonyl (C=O) groups excluding carboxylic acids is 1. The van der Waals surface area contributed by atoms with E-state index in [1.54, 1.807) is 0 Å². The molecule has 0 radical (unpaired) electrons. The first-order valence-corrected chi connectivity index (χ1v) is 5.77. The van der Waals surface area contributed by atoms with Crippen LogP contribution in [0.5, 0.6) is 0 Å². The molecule has 0 bridgehead atoms. The first-order chi connectivity index (χ1) is 7.12. The normalized spacial score (nSPS) is 19.7. The Kier molecular flexibility index (Phi) is 4.54. The second kappa shape index (κ2) is 5.47. The number of hydrogen-bond donors (Lipinski definition) is 3. The largest absolute Gasteiger partial charge is 0.394 e. The van der Waals surface area contributed by atoms with Gasteiger partial charge < -0.3 is 15.7 Å². The molecule has 4 heteroatoms. The van der Waals surface area contributed by atoms with E-state index in [0.29, 0.717) is 6.54 Å². The fraction of sp³-hybridized carbons (Fsp3) is 0.909. The lowest BCUT2D eigenvalue weighted by Gasteiger charge is -2.16. The van der Waals surface area contributed by atoms with Gasteiger partial charge in [-0.3, -0.25) is 4.79 Å². The fourth-order valence-corrected chi connectivity index (χ4v) is 1.64. The third kappa shape index (κ3) is 4.18. The maximum absolute atomic E-state index is 11.5. The molecular formula is C11H22N2O2. The Labute approximate surface area is 91.4 Å². The first kappa shape index (κ1) is 12.5. The van der Waals surface area contributed by atoms with Crippen LogP contribution in [-0.2, 0) is 4.79 Å². The highest BCUT2D eigenvalue weighted by atomic mass is 16.3. The number of hydrogen-bond acceptors (Lipinski definition) is 3. The minimum atomic E-state index is -0.147. The topological polar surface area (TPSA) is 61.4 Å². The highest BCUT2D eigenvalue weighted by Gasteiger charge is 2.41. The number of amides is 1. The van der Waals surface area contributed by atoms with Gasteiger partial charge in [-0.1, -0.05) is 13.3 Å². The van der Waals surface area contributed by atoms with Gasteiger partial charge in [0.05, 0.1) is 13.2 Å². The molecule has 1 saturated carbocycles. The van der Waals surface area contributed by atoms with E-state index in [9.17, 15) is 4.79 Å². The highest BCUT2D eigenvalue weighted by molar-refractivity contribution is 5.78. The van der Waals surface area contributed by atoms with Crippen LogP contribution < -0.4 is 10.6 Å². The van der Waals surface area contributed by atoms with E-state index in [1.165, 1.54) is 0 Å². The molecule has 15 heavy (non-hydrogen) atoms. The lowest BCUT2D eigenvalue weighted by atomic mass is 10.2. The molecule has 0 aromatic rings. The van der Waals surface area contributed by atoms with Gasteiger partial charge in [0.1, 0.15) is 0 Å². The van der Waals surface area contributed by atoms with Crippen molar-refractivity contribution in [2.24, 2.45) is 0 Å². The van der Waals surface area contributed by atoms with Crippen molar-refractivity contribution in [2.45, 2.75) is 51.1 Å². The monoisotopic (exact) mass is 214 g/mol. The zero-order valence-electron chi connectivity index (χ0n) is 9.68. The fourth-order valence-electron chi connectivity index (χ4n) is 1.64. The van der Waals surface area contributed by atoms with E-state index >= 15 is 0 Å². The van der Waals surface area contributed by atoms with Crippen LogP contribution in [0.15, 0.2) is 0 Å². The van der Waals surface area contributed by atoms with Crippen LogP contribution in [0.4, 0.5) is 0 Å². The van der Waals surface area contributed by atoms with E-state index in [2.05, 4.69) is 17.6 Å². The summed E-state index contributed by atoms with van der Waals surface area (Å²) < 4.78 is 0. The molecule has 4 nitrogen and oxygen atoms in total. The van der Waals surface area contributed by atoms with Crippen LogP contribution in [0.3, 0.4) is 0 Å². The minimum absolute atomic E-state index is 0.0238. The molecule has 1 amide bonds. The molecule has 1 unspecified atom stereocenters. The second-order valence-electron chi connectivity index (χ2n) is 4.55. The third-order valence-corrected chi connectivity index (χ3v) is 2.91. The molecule has 0 aromatic carbocycles. The number of carbonyl (C=O) groups is 1. The van der Waals surface area contributed by atoms with Gasteiger partial charge in [0.25, 0.3) is 0 Å². The first-order valence-electron chi connectivity index (χ1n) is 5.77. The van der Waals surface area contributed by atoms with E-state index in [1.807, 2.05) is 6.92 Å². The van der Waals surface area contributed by atoms with Crippen LogP contribution in [-0.4, -0.2) is 35.7 Å². The second-order valence-corrected chi connectivity index (χ2v) is 4.55. The third-order valence-electron chi connectivity index (χ3n) is 2.91. The number of nitrogens with one attached hydrogen (secondary N) is 2. The molecule has 1 fully saturated rings. The Hall–Kier alpha value is -0.610. The predicted molar refractivity (Wildman–Crippen MR) is 59.6 cm³/mol. The average molecular weight is 214 g/mol. The zero-order valence-corrected chi connectivity index (χ0v) is 9.68. The zero-order chi connectivity index (χ0) is 11.3. The van der Waals surface area contributed by atoms with Crippen LogP contribution in [0, 0.1) is 0 Å². The Bertz CT molecular complexity index is 215. The van der Waals surface area contributed by atoms with Gasteiger partial charge in [0.15, 0.2) is 0 Å². The van der Waals surface area contributed by atoms with E-state index in [4.69, 9.17) is 5.11 Å². The lowest BCUT2D eigenvalue weighted by molar-refractivity contribution is -0.121. The van der Waals surface area contributed by atoms with E-state index in [0.717, 1.165) is 25.7 Å². The van der Waals surface area contributed by atoms with Crippen LogP contribution in [0.2, 0.25) is 0 Å². The minimum Gasteiger partial charge on any atom is -0.394 e. The molecule has 0 aromatic heterocycles. The Morgan fingerprint density at radius 1 is 1.53 bits per heavy atom. The molecule has 1 rings (SSSR count). The van der Waals surface area contributed by atoms with Crippen molar-refractivity contribution in [1.29, 1.82) is 0 Å². The van der Waals surface area contributed by atoms with Gasteiger partial charge in [0, 0.05) is 11.6 Å². The van der Waals surface area contributed by atoms with Crippen LogP contribution >= 0.6 is 0 Å². The quantitative estimate of drug-likeness (QED) is 0.575. The summed E-state index contributed by atoms with van der Waals surface area (Å²) in [5, 5.41) is 15.1. The number of aliphatic hydroxyl groups excluding tert-OH is 1. The lowest BCUT2D eigenvalue weighted by Crippen LogP contribution is -2.44. The van der Waals surface area contributed by atoms with E-state index in [-0.39, 0.29) is 24.1 Å². The Morgan fingerprint density at radius 2 is 2.20 bits per heavy atom. The molecule has 0 heterocycles. The van der Waals surface area contributed by atoms with Crippen molar-refractivity contribution in [1.82, 2.24) is 10.6 Å². The molecule has 88 valence electrons. The van der Waals surface area contributed by atoms with Gasteiger partial charge >= 0.3 is 0 Å². The standard InChI is InChI=1S/C11H22N2O2/c1-3-4-9(2)13-10(15)7-12-11(8-14)5-6-11/h9,12,14H,3-8H2,1-2H3,(H,13,15). The molecule has 1 atom stereocenters. The average Bonchev–Trinajstić information content (AvgIpc) is 2.96. The summed E-state index contributed by atoms with van der Waals surface area (Å²) in [5.74, 6) is 0.0238. The Morgan fingerprint density at radius 3 is 2.67 bits per heavy atom. The summed E-state index contributed by atoms with van der Waals surface area (Å²) in [6.45, 7) is 4.56. The highest BCUT2D eigenvalue weighted by Crippen LogP contribution is 2.34. The predicted octanol–water partition coefficient (Wildman–Crippen LogP) is 0.406. The number of rotatable bonds is 7. The van der Waals surface area contributed by atoms with Crippen molar-refractivity contribution < 1.29 is 9.90 Å². The summed E-state index contributed by atoms with van der Waals surface area (Å²) in [6.07, 6.45) is 4.04. The summed E-state index contributed by atoms with van der Waals surface area (Å²) in [4.78, 5) is 11.5. The summed E-state index contributed by atoms with van der Waals surface area (Å²) >= 11 is 0. The SMILES string of the molecule is CCCC(C)NC(=O)CNC1(CO)CC1. The van der Waals surface area contributed by atoms with Crippen molar-refractivity contribution in [3.05, 3.63) is 0 Å². The van der Waals surface area contributed by atoms with Crippen molar-refractivity contribution in [3.8, 4) is 0 Å². The van der Waals surface area contributed by atoms with Crippen molar-refractivity contribution in [2.75, 3.05) is 13.2 Å². The molecule has 0 spiro atoms. The maximum atomic E-state index is 11.5. The molecule has 0 aliphatic heterocycles. The maximum Gasteiger partial charge on any atom is 0.234 e. The van der Waals surface area contributed by atoms with Gasteiger partial charge in [0.2, 0.25) is 5.91 Å². The summed E-state index contributed by atoms with van der Waals surface area (Å²) in [6, 6.07) is 0.244. The Balaban J connectivity index is 2.13. The van der Waals surface area contributed by atoms with E-state index < -0.39 is 0 Å². The number of aliphatic hydroxyl groups is 1. The smallest absolute Gasteiger partial charge is 0.234 e. The summed E-state index contributed by atoms with van der Waals surface area (Å²) in [5.41, 5.74) is -0.147. The molecular weight excluding hydrogens is 192 g/mol. The van der Waals surface area contributed by atoms with Gasteiger partial charge in [-0.25, -0.2) is 0 Å². The van der Waals surface area contributed by atoms with Crippen molar-refractivity contribution >= 4 is 5.91 Å².